The zero-order valence-electron chi connectivity index (χ0n) is 34.5. The summed E-state index contributed by atoms with van der Waals surface area (Å²) in [4.78, 5) is 27.5. The molecule has 2 aromatic carbocycles. The molecule has 0 bridgehead atoms. The number of aryl methyl sites for hydroxylation is 6. The zero-order chi connectivity index (χ0) is 41.0. The summed E-state index contributed by atoms with van der Waals surface area (Å²) < 4.78 is 8.03. The predicted molar refractivity (Wildman–Crippen MR) is 235 cm³/mol. The van der Waals surface area contributed by atoms with Gasteiger partial charge in [0.1, 0.15) is 35.9 Å². The molecule has 300 valence electrons. The molecule has 0 N–H and O–H groups in total. The third kappa shape index (κ3) is 8.40. The van der Waals surface area contributed by atoms with E-state index in [-0.39, 0.29) is 0 Å². The lowest BCUT2D eigenvalue weighted by molar-refractivity contribution is 0.445. The van der Waals surface area contributed by atoms with E-state index in [1.807, 2.05) is 72.1 Å². The van der Waals surface area contributed by atoms with E-state index in [0.29, 0.717) is 11.8 Å². The van der Waals surface area contributed by atoms with Gasteiger partial charge in [-0.25, -0.2) is 39.3 Å². The molecule has 0 aliphatic carbocycles. The fraction of sp³-hybridized carbons (Fsp3) is 0.250. The summed E-state index contributed by atoms with van der Waals surface area (Å²) in [5, 5.41) is 9.44. The van der Waals surface area contributed by atoms with Crippen LogP contribution < -0.4 is 0 Å². The van der Waals surface area contributed by atoms with Gasteiger partial charge in [-0.1, -0.05) is 60.7 Å². The number of hydrogen-bond donors (Lipinski definition) is 0. The second-order valence-corrected chi connectivity index (χ2v) is 15.6. The second kappa shape index (κ2) is 17.0. The van der Waals surface area contributed by atoms with E-state index in [2.05, 4.69) is 116 Å². The SMILES string of the molecule is Cc1cn(-c2ncc(/C=C/c3nc4n(n3)CCC[C@@H]4c3ccccc3)cc2C)cn1.Cc1cn(-c2ncc(/C=C/c3nc4n(n3)CCC[C@H]4c3ccccc3)cc2C)cn1. The molecule has 0 fully saturated rings. The molecule has 12 nitrogen and oxygen atoms in total. The van der Waals surface area contributed by atoms with Crippen molar-refractivity contribution in [2.45, 2.75) is 78.3 Å². The van der Waals surface area contributed by atoms with Crippen LogP contribution in [0.3, 0.4) is 0 Å². The number of rotatable bonds is 8. The van der Waals surface area contributed by atoms with Crippen molar-refractivity contribution in [3.05, 3.63) is 178 Å². The fourth-order valence-corrected chi connectivity index (χ4v) is 8.20. The van der Waals surface area contributed by atoms with Gasteiger partial charge in [0.25, 0.3) is 0 Å². The first-order valence-corrected chi connectivity index (χ1v) is 20.7. The summed E-state index contributed by atoms with van der Waals surface area (Å²) in [6, 6.07) is 25.5. The highest BCUT2D eigenvalue weighted by Crippen LogP contribution is 2.33. The Balaban J connectivity index is 0.000000154. The Kier molecular flexibility index (Phi) is 10.9. The summed E-state index contributed by atoms with van der Waals surface area (Å²) in [5.74, 6) is 6.05. The average molecular weight is 793 g/mol. The quantitative estimate of drug-likeness (QED) is 0.149. The highest BCUT2D eigenvalue weighted by atomic mass is 15.4. The van der Waals surface area contributed by atoms with Crippen LogP contribution in [0.4, 0.5) is 0 Å². The van der Waals surface area contributed by atoms with E-state index in [9.17, 15) is 0 Å². The van der Waals surface area contributed by atoms with Crippen molar-refractivity contribution in [1.82, 2.24) is 58.6 Å². The maximum Gasteiger partial charge on any atom is 0.174 e. The van der Waals surface area contributed by atoms with E-state index in [1.54, 1.807) is 12.7 Å². The number of fused-ring (bicyclic) bond motifs is 2. The van der Waals surface area contributed by atoms with Crippen molar-refractivity contribution in [2.24, 2.45) is 0 Å². The van der Waals surface area contributed by atoms with E-state index in [0.717, 1.165) is 107 Å². The van der Waals surface area contributed by atoms with Crippen LogP contribution in [0.15, 0.2) is 110 Å². The van der Waals surface area contributed by atoms with Gasteiger partial charge in [0.15, 0.2) is 11.6 Å². The molecule has 0 unspecified atom stereocenters. The van der Waals surface area contributed by atoms with Gasteiger partial charge >= 0.3 is 0 Å². The van der Waals surface area contributed by atoms with Gasteiger partial charge in [-0.05, 0) is 123 Å². The highest BCUT2D eigenvalue weighted by Gasteiger charge is 2.26. The maximum atomic E-state index is 4.85. The lowest BCUT2D eigenvalue weighted by Crippen LogP contribution is -2.17. The van der Waals surface area contributed by atoms with Gasteiger partial charge in [0.05, 0.1) is 11.4 Å². The average Bonchev–Trinajstić information content (AvgIpc) is 4.10. The molecule has 12 heteroatoms. The molecule has 0 spiro atoms. The Morgan fingerprint density at radius 1 is 0.533 bits per heavy atom. The van der Waals surface area contributed by atoms with Gasteiger partial charge in [0, 0.05) is 49.7 Å². The van der Waals surface area contributed by atoms with Crippen molar-refractivity contribution in [3.8, 4) is 11.6 Å². The van der Waals surface area contributed by atoms with Crippen LogP contribution in [0.25, 0.3) is 35.9 Å². The van der Waals surface area contributed by atoms with Crippen LogP contribution in [-0.2, 0) is 13.1 Å². The van der Waals surface area contributed by atoms with Crippen molar-refractivity contribution in [2.75, 3.05) is 0 Å². The first kappa shape index (κ1) is 38.4. The van der Waals surface area contributed by atoms with Gasteiger partial charge in [-0.3, -0.25) is 9.13 Å². The van der Waals surface area contributed by atoms with Crippen molar-refractivity contribution in [3.63, 3.8) is 0 Å². The molecule has 60 heavy (non-hydrogen) atoms. The molecule has 8 heterocycles. The summed E-state index contributed by atoms with van der Waals surface area (Å²) in [6.07, 6.45) is 23.8. The third-order valence-corrected chi connectivity index (χ3v) is 11.1. The van der Waals surface area contributed by atoms with Gasteiger partial charge in [-0.15, -0.1) is 0 Å². The minimum absolute atomic E-state index is 0.316. The van der Waals surface area contributed by atoms with Crippen LogP contribution >= 0.6 is 0 Å². The number of pyridine rings is 2. The number of nitrogens with zero attached hydrogens (tertiary/aromatic N) is 12. The molecule has 0 amide bonds. The lowest BCUT2D eigenvalue weighted by Gasteiger charge is -2.22. The van der Waals surface area contributed by atoms with Gasteiger partial charge < -0.3 is 0 Å². The highest BCUT2D eigenvalue weighted by molar-refractivity contribution is 5.68. The van der Waals surface area contributed by atoms with E-state index >= 15 is 0 Å². The Morgan fingerprint density at radius 2 is 0.967 bits per heavy atom. The molecule has 2 aliphatic rings. The molecular formula is C48H48N12. The molecule has 0 saturated carbocycles. The van der Waals surface area contributed by atoms with Crippen molar-refractivity contribution < 1.29 is 0 Å². The fourth-order valence-electron chi connectivity index (χ4n) is 8.20. The molecule has 2 aliphatic heterocycles. The molecule has 2 atom stereocenters. The summed E-state index contributed by atoms with van der Waals surface area (Å²) in [5.41, 5.74) is 8.82. The molecule has 0 saturated heterocycles. The number of imidazole rings is 2. The van der Waals surface area contributed by atoms with E-state index in [4.69, 9.17) is 20.2 Å². The minimum Gasteiger partial charge on any atom is -0.290 e. The summed E-state index contributed by atoms with van der Waals surface area (Å²) in [6.45, 7) is 9.93. The predicted octanol–water partition coefficient (Wildman–Crippen LogP) is 9.14. The van der Waals surface area contributed by atoms with E-state index < -0.39 is 0 Å². The number of benzene rings is 2. The molecule has 8 aromatic rings. The smallest absolute Gasteiger partial charge is 0.174 e. The largest absolute Gasteiger partial charge is 0.290 e. The summed E-state index contributed by atoms with van der Waals surface area (Å²) in [7, 11) is 0. The number of hydrogen-bond acceptors (Lipinski definition) is 8. The Morgan fingerprint density at radius 3 is 1.35 bits per heavy atom. The first-order chi connectivity index (χ1) is 29.3. The Bertz CT molecular complexity index is 2590. The van der Waals surface area contributed by atoms with Crippen LogP contribution in [0.5, 0.6) is 0 Å². The zero-order valence-corrected chi connectivity index (χ0v) is 34.5. The molecule has 0 radical (unpaired) electrons. The van der Waals surface area contributed by atoms with Crippen LogP contribution in [0.1, 0.15) is 106 Å². The van der Waals surface area contributed by atoms with Crippen LogP contribution in [0, 0.1) is 27.7 Å². The minimum atomic E-state index is 0.316. The van der Waals surface area contributed by atoms with E-state index in [1.165, 1.54) is 11.1 Å². The monoisotopic (exact) mass is 792 g/mol. The Hall–Kier alpha value is -7.08. The van der Waals surface area contributed by atoms with Crippen molar-refractivity contribution >= 4 is 24.3 Å². The van der Waals surface area contributed by atoms with Gasteiger partial charge in [-0.2, -0.15) is 10.2 Å². The van der Waals surface area contributed by atoms with Crippen LogP contribution in [0.2, 0.25) is 0 Å². The van der Waals surface area contributed by atoms with Crippen molar-refractivity contribution in [1.29, 1.82) is 0 Å². The second-order valence-electron chi connectivity index (χ2n) is 15.6. The molecule has 6 aromatic heterocycles. The van der Waals surface area contributed by atoms with Gasteiger partial charge in [0.2, 0.25) is 0 Å². The standard InChI is InChI=1S/2C24H24N6/c2*1-17-13-19(14-25-23(17)29-15-18(2)26-16-29)10-11-22-27-24-21(9-6-12-30(24)28-22)20-7-4-3-5-8-20/h2*3-5,7-8,10-11,13-16,21H,6,9,12H2,1-2H3/b2*11-10+/t2*21-/m10/s1. The Labute approximate surface area is 350 Å². The molecular weight excluding hydrogens is 745 g/mol. The maximum absolute atomic E-state index is 4.85. The topological polar surface area (TPSA) is 123 Å². The number of aromatic nitrogens is 12. The molecule has 10 rings (SSSR count). The van der Waals surface area contributed by atoms with Crippen LogP contribution in [-0.4, -0.2) is 58.6 Å². The summed E-state index contributed by atoms with van der Waals surface area (Å²) >= 11 is 0. The first-order valence-electron chi connectivity index (χ1n) is 20.7. The lowest BCUT2D eigenvalue weighted by atomic mass is 9.91. The normalized spacial score (nSPS) is 16.1. The third-order valence-electron chi connectivity index (χ3n) is 11.1.